The van der Waals surface area contributed by atoms with Gasteiger partial charge in [0, 0.05) is 16.1 Å². The molecule has 0 saturated carbocycles. The van der Waals surface area contributed by atoms with Crippen LogP contribution in [-0.2, 0) is 0 Å². The molecule has 2 nitrogen and oxygen atoms in total. The summed E-state index contributed by atoms with van der Waals surface area (Å²) in [4.78, 5) is 0. The Balaban J connectivity index is 2.56. The molecule has 0 radical (unpaired) electrons. The van der Waals surface area contributed by atoms with Crippen LogP contribution < -0.4 is 4.74 Å². The van der Waals surface area contributed by atoms with E-state index in [4.69, 9.17) is 16.3 Å². The number of nitriles is 1. The molecule has 20 heavy (non-hydrogen) atoms. The number of hydrogen-bond donors (Lipinski definition) is 0. The number of allylic oxidation sites excluding steroid dienone is 1. The van der Waals surface area contributed by atoms with Crippen molar-refractivity contribution in [3.63, 3.8) is 0 Å². The lowest BCUT2D eigenvalue weighted by atomic mass is 10.0. The molecule has 0 amide bonds. The van der Waals surface area contributed by atoms with Crippen molar-refractivity contribution >= 4 is 23.3 Å². The predicted molar refractivity (Wildman–Crippen MR) is 77.9 cm³/mol. The molecule has 0 aromatic heterocycles. The normalized spacial score (nSPS) is 11.0. The van der Waals surface area contributed by atoms with Crippen LogP contribution in [0.4, 0.5) is 4.39 Å². The summed E-state index contributed by atoms with van der Waals surface area (Å²) >= 11 is 5.94. The van der Waals surface area contributed by atoms with Crippen molar-refractivity contribution in [1.29, 1.82) is 5.26 Å². The molecular formula is C16H11ClFNO. The number of halogens is 2. The average molecular weight is 288 g/mol. The first-order valence-electron chi connectivity index (χ1n) is 5.86. The maximum atomic E-state index is 13.7. The fraction of sp³-hybridized carbons (Fsp3) is 0.0625. The van der Waals surface area contributed by atoms with E-state index < -0.39 is 5.82 Å². The van der Waals surface area contributed by atoms with Gasteiger partial charge in [-0.2, -0.15) is 5.26 Å². The Labute approximate surface area is 121 Å². The van der Waals surface area contributed by atoms with Gasteiger partial charge in [0.2, 0.25) is 0 Å². The number of nitrogens with zero attached hydrogens (tertiary/aromatic N) is 1. The second kappa shape index (κ2) is 6.23. The Kier molecular flexibility index (Phi) is 4.39. The second-order valence-corrected chi connectivity index (χ2v) is 4.47. The standard InChI is InChI=1S/C16H11ClFNO/c1-20-16-7-6-13(17)9-11(16)8-12(10-19)14-4-2-3-5-15(14)18/h2-9H,1H3. The molecule has 0 aliphatic heterocycles. The van der Waals surface area contributed by atoms with Crippen molar-refractivity contribution in [3.8, 4) is 11.8 Å². The average Bonchev–Trinajstić information content (AvgIpc) is 2.46. The van der Waals surface area contributed by atoms with Crippen molar-refractivity contribution in [1.82, 2.24) is 0 Å². The molecule has 0 bridgehead atoms. The van der Waals surface area contributed by atoms with E-state index in [0.717, 1.165) is 0 Å². The Morgan fingerprint density at radius 3 is 2.70 bits per heavy atom. The van der Waals surface area contributed by atoms with Gasteiger partial charge in [0.15, 0.2) is 0 Å². The highest BCUT2D eigenvalue weighted by molar-refractivity contribution is 6.30. The lowest BCUT2D eigenvalue weighted by Gasteiger charge is -2.06. The lowest BCUT2D eigenvalue weighted by Crippen LogP contribution is -1.90. The van der Waals surface area contributed by atoms with Gasteiger partial charge >= 0.3 is 0 Å². The second-order valence-electron chi connectivity index (χ2n) is 4.04. The molecule has 0 atom stereocenters. The highest BCUT2D eigenvalue weighted by Gasteiger charge is 2.09. The molecule has 0 heterocycles. The van der Waals surface area contributed by atoms with Crippen LogP contribution >= 0.6 is 11.6 Å². The van der Waals surface area contributed by atoms with E-state index in [1.54, 1.807) is 42.5 Å². The molecule has 0 aliphatic carbocycles. The summed E-state index contributed by atoms with van der Waals surface area (Å²) in [6.07, 6.45) is 1.56. The lowest BCUT2D eigenvalue weighted by molar-refractivity contribution is 0.414. The van der Waals surface area contributed by atoms with Crippen LogP contribution in [0.5, 0.6) is 5.75 Å². The molecule has 0 N–H and O–H groups in total. The SMILES string of the molecule is COc1ccc(Cl)cc1C=C(C#N)c1ccccc1F. The van der Waals surface area contributed by atoms with Gasteiger partial charge in [0.05, 0.1) is 18.8 Å². The molecule has 2 rings (SSSR count). The largest absolute Gasteiger partial charge is 0.496 e. The van der Waals surface area contributed by atoms with E-state index in [0.29, 0.717) is 16.3 Å². The zero-order valence-corrected chi connectivity index (χ0v) is 11.5. The highest BCUT2D eigenvalue weighted by Crippen LogP contribution is 2.28. The Bertz CT molecular complexity index is 704. The summed E-state index contributed by atoms with van der Waals surface area (Å²) in [5.41, 5.74) is 1.08. The smallest absolute Gasteiger partial charge is 0.131 e. The number of hydrogen-bond acceptors (Lipinski definition) is 2. The molecular weight excluding hydrogens is 277 g/mol. The summed E-state index contributed by atoms with van der Waals surface area (Å²) in [7, 11) is 1.52. The molecule has 100 valence electrons. The fourth-order valence-corrected chi connectivity index (χ4v) is 2.00. The van der Waals surface area contributed by atoms with Crippen LogP contribution in [0.1, 0.15) is 11.1 Å². The minimum absolute atomic E-state index is 0.212. The van der Waals surface area contributed by atoms with E-state index in [9.17, 15) is 9.65 Å². The van der Waals surface area contributed by atoms with Crippen molar-refractivity contribution < 1.29 is 9.13 Å². The Morgan fingerprint density at radius 2 is 2.05 bits per heavy atom. The quantitative estimate of drug-likeness (QED) is 0.613. The van der Waals surface area contributed by atoms with Crippen LogP contribution in [0.25, 0.3) is 11.6 Å². The van der Waals surface area contributed by atoms with E-state index in [1.165, 1.54) is 13.2 Å². The van der Waals surface area contributed by atoms with E-state index >= 15 is 0 Å². The number of rotatable bonds is 3. The van der Waals surface area contributed by atoms with Gasteiger partial charge in [0.1, 0.15) is 11.6 Å². The van der Waals surface area contributed by atoms with Crippen molar-refractivity contribution in [2.45, 2.75) is 0 Å². The van der Waals surface area contributed by atoms with Crippen molar-refractivity contribution in [3.05, 3.63) is 64.4 Å². The number of benzene rings is 2. The third kappa shape index (κ3) is 2.98. The van der Waals surface area contributed by atoms with Crippen LogP contribution in [-0.4, -0.2) is 7.11 Å². The van der Waals surface area contributed by atoms with Crippen LogP contribution in [0.3, 0.4) is 0 Å². The van der Waals surface area contributed by atoms with E-state index in [1.807, 2.05) is 6.07 Å². The molecule has 0 unspecified atom stereocenters. The van der Waals surface area contributed by atoms with Gasteiger partial charge in [-0.05, 0) is 30.3 Å². The third-order valence-corrected chi connectivity index (χ3v) is 3.01. The zero-order valence-electron chi connectivity index (χ0n) is 10.7. The summed E-state index contributed by atoms with van der Waals surface area (Å²) in [6.45, 7) is 0. The molecule has 2 aromatic carbocycles. The Hall–Kier alpha value is -2.31. The van der Waals surface area contributed by atoms with Crippen molar-refractivity contribution in [2.75, 3.05) is 7.11 Å². The van der Waals surface area contributed by atoms with Crippen LogP contribution in [0.2, 0.25) is 5.02 Å². The summed E-state index contributed by atoms with van der Waals surface area (Å²) in [5.74, 6) is 0.125. The molecule has 4 heteroatoms. The third-order valence-electron chi connectivity index (χ3n) is 2.78. The van der Waals surface area contributed by atoms with E-state index in [2.05, 4.69) is 0 Å². The molecule has 2 aromatic rings. The van der Waals surface area contributed by atoms with Gasteiger partial charge in [-0.25, -0.2) is 4.39 Å². The fourth-order valence-electron chi connectivity index (χ4n) is 1.82. The Morgan fingerprint density at radius 1 is 1.30 bits per heavy atom. The number of methoxy groups -OCH3 is 1. The van der Waals surface area contributed by atoms with Gasteiger partial charge in [0.25, 0.3) is 0 Å². The molecule has 0 saturated heterocycles. The van der Waals surface area contributed by atoms with Gasteiger partial charge in [-0.15, -0.1) is 0 Å². The highest BCUT2D eigenvalue weighted by atomic mass is 35.5. The predicted octanol–water partition coefficient (Wildman–Crippen LogP) is 4.55. The zero-order chi connectivity index (χ0) is 14.5. The topological polar surface area (TPSA) is 33.0 Å². The van der Waals surface area contributed by atoms with Gasteiger partial charge < -0.3 is 4.74 Å². The molecule has 0 spiro atoms. The first-order valence-corrected chi connectivity index (χ1v) is 6.23. The van der Waals surface area contributed by atoms with Gasteiger partial charge in [-0.3, -0.25) is 0 Å². The summed E-state index contributed by atoms with van der Waals surface area (Å²) in [5, 5.41) is 9.76. The number of ether oxygens (including phenoxy) is 1. The van der Waals surface area contributed by atoms with E-state index in [-0.39, 0.29) is 11.1 Å². The van der Waals surface area contributed by atoms with Crippen LogP contribution in [0.15, 0.2) is 42.5 Å². The first-order chi connectivity index (χ1) is 9.65. The summed E-state index contributed by atoms with van der Waals surface area (Å²) < 4.78 is 18.9. The monoisotopic (exact) mass is 287 g/mol. The first kappa shape index (κ1) is 14.1. The molecule has 0 fully saturated rings. The minimum atomic E-state index is -0.443. The van der Waals surface area contributed by atoms with Crippen molar-refractivity contribution in [2.24, 2.45) is 0 Å². The summed E-state index contributed by atoms with van der Waals surface area (Å²) in [6, 6.07) is 13.2. The maximum Gasteiger partial charge on any atom is 0.131 e. The van der Waals surface area contributed by atoms with Crippen LogP contribution in [0, 0.1) is 17.1 Å². The maximum absolute atomic E-state index is 13.7. The van der Waals surface area contributed by atoms with Gasteiger partial charge in [-0.1, -0.05) is 29.8 Å². The molecule has 0 aliphatic rings. The minimum Gasteiger partial charge on any atom is -0.496 e.